The topological polar surface area (TPSA) is 49.4 Å². The molecule has 0 aliphatic carbocycles. The number of hydrogen-bond acceptors (Lipinski definition) is 4. The van der Waals surface area contributed by atoms with Crippen molar-refractivity contribution >= 4 is 11.6 Å². The van der Waals surface area contributed by atoms with Crippen molar-refractivity contribution in [3.63, 3.8) is 0 Å². The van der Waals surface area contributed by atoms with Gasteiger partial charge in [0.15, 0.2) is 0 Å². The van der Waals surface area contributed by atoms with Gasteiger partial charge in [0.25, 0.3) is 0 Å². The molecule has 0 amide bonds. The van der Waals surface area contributed by atoms with Crippen LogP contribution < -0.4 is 5.32 Å². The summed E-state index contributed by atoms with van der Waals surface area (Å²) in [5.41, 5.74) is 0. The Kier molecular flexibility index (Phi) is 17.7. The lowest BCUT2D eigenvalue weighted by Gasteiger charge is -2.10. The minimum absolute atomic E-state index is 0. The summed E-state index contributed by atoms with van der Waals surface area (Å²) in [6.07, 6.45) is 3.96. The van der Waals surface area contributed by atoms with Gasteiger partial charge in [-0.2, -0.15) is 0 Å². The molecular weight excluding hydrogens is 324 g/mol. The van der Waals surface area contributed by atoms with Crippen LogP contribution in [0.5, 0.6) is 0 Å². The van der Waals surface area contributed by atoms with E-state index in [4.69, 9.17) is 0 Å². The van der Waals surface area contributed by atoms with Gasteiger partial charge in [-0.25, -0.2) is 0 Å². The summed E-state index contributed by atoms with van der Waals surface area (Å²) >= 11 is 0. The van der Waals surface area contributed by atoms with Crippen molar-refractivity contribution in [3.8, 4) is 0 Å². The molecule has 4 nitrogen and oxygen atoms in total. The maximum absolute atomic E-state index is 11.4. The molecule has 2 unspecified atom stereocenters. The molecule has 26 heavy (non-hydrogen) atoms. The van der Waals surface area contributed by atoms with Crippen LogP contribution in [0, 0.1) is 23.7 Å². The van der Waals surface area contributed by atoms with E-state index in [0.717, 1.165) is 39.0 Å². The second kappa shape index (κ2) is 15.3. The van der Waals surface area contributed by atoms with Crippen LogP contribution in [0.15, 0.2) is 0 Å². The lowest BCUT2D eigenvalue weighted by molar-refractivity contribution is -0.123. The molecule has 1 N–H and O–H groups in total. The van der Waals surface area contributed by atoms with Crippen molar-refractivity contribution in [3.05, 3.63) is 0 Å². The van der Waals surface area contributed by atoms with Gasteiger partial charge in [0.2, 0.25) is 0 Å². The first-order chi connectivity index (χ1) is 10.8. The van der Waals surface area contributed by atoms with Crippen molar-refractivity contribution in [1.29, 1.82) is 0 Å². The third-order valence-electron chi connectivity index (χ3n) is 4.92. The maximum Gasteiger partial charge on any atom is 0.135 e. The van der Waals surface area contributed by atoms with Gasteiger partial charge in [0.05, 0.1) is 0 Å². The average molecular weight is 373 g/mol. The first-order valence-corrected chi connectivity index (χ1v) is 9.24. The van der Waals surface area contributed by atoms with Gasteiger partial charge in [-0.3, -0.25) is 9.59 Å². The van der Waals surface area contributed by atoms with Gasteiger partial charge >= 0.3 is 0 Å². The lowest BCUT2D eigenvalue weighted by atomic mass is 9.96. The largest absolute Gasteiger partial charge is 0.316 e. The SMILES string of the molecule is C.C.C.CC(C)C(=O)CC1CCN(C)C1.CC(C)C(=O)CC1CCNC1. The predicted octanol–water partition coefficient (Wildman–Crippen LogP) is 4.67. The normalized spacial score (nSPS) is 22.0. The maximum atomic E-state index is 11.4. The van der Waals surface area contributed by atoms with E-state index in [2.05, 4.69) is 17.3 Å². The van der Waals surface area contributed by atoms with E-state index in [1.165, 1.54) is 12.8 Å². The Bertz CT molecular complexity index is 374. The van der Waals surface area contributed by atoms with Crippen molar-refractivity contribution < 1.29 is 9.59 Å². The standard InChI is InChI=1S/C10H19NO.C9H17NO.3CH4/c1-8(2)10(12)6-9-4-5-11(3)7-9;1-7(2)9(11)5-8-3-4-10-6-8;;;/h8-9H,4-7H2,1-3H3;7-8,10H,3-6H2,1-2H3;3*1H4. The molecule has 158 valence electrons. The van der Waals surface area contributed by atoms with Crippen LogP contribution in [0.4, 0.5) is 0 Å². The monoisotopic (exact) mass is 372 g/mol. The van der Waals surface area contributed by atoms with Gasteiger partial charge in [-0.15, -0.1) is 0 Å². The number of carbonyl (C=O) groups is 2. The molecule has 4 heteroatoms. The summed E-state index contributed by atoms with van der Waals surface area (Å²) in [5, 5.41) is 3.26. The van der Waals surface area contributed by atoms with Gasteiger partial charge in [-0.1, -0.05) is 50.0 Å². The zero-order valence-electron chi connectivity index (χ0n) is 15.7. The van der Waals surface area contributed by atoms with Gasteiger partial charge in [0, 0.05) is 31.2 Å². The number of rotatable bonds is 6. The van der Waals surface area contributed by atoms with E-state index < -0.39 is 0 Å². The van der Waals surface area contributed by atoms with Crippen LogP contribution in [0.25, 0.3) is 0 Å². The van der Waals surface area contributed by atoms with Crippen LogP contribution >= 0.6 is 0 Å². The number of nitrogens with one attached hydrogen (secondary N) is 1. The number of nitrogens with zero attached hydrogens (tertiary/aromatic N) is 1. The van der Waals surface area contributed by atoms with Crippen LogP contribution in [-0.4, -0.2) is 49.7 Å². The van der Waals surface area contributed by atoms with Crippen molar-refractivity contribution in [1.82, 2.24) is 10.2 Å². The Hall–Kier alpha value is -0.740. The molecule has 2 aliphatic heterocycles. The summed E-state index contributed by atoms with van der Waals surface area (Å²) in [6.45, 7) is 12.3. The zero-order valence-corrected chi connectivity index (χ0v) is 15.7. The van der Waals surface area contributed by atoms with Crippen molar-refractivity contribution in [2.24, 2.45) is 23.7 Å². The minimum Gasteiger partial charge on any atom is -0.316 e. The zero-order chi connectivity index (χ0) is 17.4. The van der Waals surface area contributed by atoms with E-state index in [1.807, 2.05) is 27.7 Å². The van der Waals surface area contributed by atoms with Gasteiger partial charge in [0.1, 0.15) is 11.6 Å². The molecule has 0 aromatic rings. The minimum atomic E-state index is 0. The second-order valence-corrected chi connectivity index (χ2v) is 7.93. The second-order valence-electron chi connectivity index (χ2n) is 7.93. The molecular formula is C22H48N2O2. The molecule has 2 atom stereocenters. The van der Waals surface area contributed by atoms with E-state index in [-0.39, 0.29) is 34.1 Å². The Balaban J connectivity index is -0.000000366. The molecule has 0 spiro atoms. The van der Waals surface area contributed by atoms with Crippen LogP contribution in [-0.2, 0) is 9.59 Å². The van der Waals surface area contributed by atoms with Crippen LogP contribution in [0.3, 0.4) is 0 Å². The number of likely N-dealkylation sites (tertiary alicyclic amines) is 1. The number of carbonyl (C=O) groups excluding carboxylic acids is 2. The highest BCUT2D eigenvalue weighted by atomic mass is 16.1. The molecule has 0 bridgehead atoms. The summed E-state index contributed by atoms with van der Waals surface area (Å²) in [4.78, 5) is 25.0. The Morgan fingerprint density at radius 2 is 1.42 bits per heavy atom. The molecule has 0 aromatic carbocycles. The van der Waals surface area contributed by atoms with Gasteiger partial charge in [-0.05, 0) is 51.4 Å². The molecule has 0 radical (unpaired) electrons. The van der Waals surface area contributed by atoms with Gasteiger partial charge < -0.3 is 10.2 Å². The molecule has 2 saturated heterocycles. The summed E-state index contributed by atoms with van der Waals surface area (Å²) < 4.78 is 0. The van der Waals surface area contributed by atoms with Crippen molar-refractivity contribution in [2.75, 3.05) is 33.2 Å². The Morgan fingerprint density at radius 3 is 1.77 bits per heavy atom. The Morgan fingerprint density at radius 1 is 0.923 bits per heavy atom. The molecule has 2 rings (SSSR count). The third-order valence-corrected chi connectivity index (χ3v) is 4.92. The lowest BCUT2D eigenvalue weighted by Crippen LogP contribution is -2.17. The summed E-state index contributed by atoms with van der Waals surface area (Å²) in [5.74, 6) is 2.52. The molecule has 2 fully saturated rings. The summed E-state index contributed by atoms with van der Waals surface area (Å²) in [6, 6.07) is 0. The first kappa shape index (κ1) is 30.0. The fourth-order valence-corrected chi connectivity index (χ4v) is 3.12. The summed E-state index contributed by atoms with van der Waals surface area (Å²) in [7, 11) is 2.12. The number of ketones is 2. The Labute approximate surface area is 164 Å². The average Bonchev–Trinajstić information content (AvgIpc) is 3.11. The first-order valence-electron chi connectivity index (χ1n) is 9.24. The fraction of sp³-hybridized carbons (Fsp3) is 0.909. The predicted molar refractivity (Wildman–Crippen MR) is 116 cm³/mol. The number of Topliss-reactive ketones (excluding diaryl/α,β-unsaturated/α-hetero) is 2. The van der Waals surface area contributed by atoms with Crippen LogP contribution in [0.2, 0.25) is 0 Å². The van der Waals surface area contributed by atoms with Crippen LogP contribution in [0.1, 0.15) is 75.7 Å². The van der Waals surface area contributed by atoms with E-state index in [1.54, 1.807) is 0 Å². The van der Waals surface area contributed by atoms with Crippen molar-refractivity contribution in [2.45, 2.75) is 75.7 Å². The molecule has 2 aliphatic rings. The van der Waals surface area contributed by atoms with E-state index in [9.17, 15) is 9.59 Å². The molecule has 2 heterocycles. The third kappa shape index (κ3) is 11.8. The highest BCUT2D eigenvalue weighted by molar-refractivity contribution is 5.80. The highest BCUT2D eigenvalue weighted by Crippen LogP contribution is 2.19. The van der Waals surface area contributed by atoms with E-state index >= 15 is 0 Å². The highest BCUT2D eigenvalue weighted by Gasteiger charge is 2.22. The smallest absolute Gasteiger partial charge is 0.135 e. The quantitative estimate of drug-likeness (QED) is 0.736. The molecule has 0 saturated carbocycles. The molecule has 0 aromatic heterocycles. The van der Waals surface area contributed by atoms with E-state index in [0.29, 0.717) is 23.4 Å². The number of hydrogen-bond donors (Lipinski definition) is 1. The fourth-order valence-electron chi connectivity index (χ4n) is 3.12.